The van der Waals surface area contributed by atoms with Crippen LogP contribution in [0.25, 0.3) is 10.4 Å². The number of esters is 1. The molecule has 0 aromatic rings. The van der Waals surface area contributed by atoms with Crippen LogP contribution in [0.5, 0.6) is 0 Å². The van der Waals surface area contributed by atoms with Crippen molar-refractivity contribution in [1.29, 1.82) is 0 Å². The highest BCUT2D eigenvalue weighted by Gasteiger charge is 2.50. The molecule has 0 saturated carbocycles. The summed E-state index contributed by atoms with van der Waals surface area (Å²) >= 11 is 0. The van der Waals surface area contributed by atoms with E-state index in [1.807, 2.05) is 0 Å². The first-order valence-corrected chi connectivity index (χ1v) is 11.4. The summed E-state index contributed by atoms with van der Waals surface area (Å²) in [5, 5.41) is 6.28. The molecule has 0 bridgehead atoms. The monoisotopic (exact) mass is 460 g/mol. The maximum atomic E-state index is 12.8. The fourth-order valence-corrected chi connectivity index (χ4v) is 4.56. The van der Waals surface area contributed by atoms with E-state index < -0.39 is 39.3 Å². The van der Waals surface area contributed by atoms with Gasteiger partial charge in [0.15, 0.2) is 0 Å². The first-order chi connectivity index (χ1) is 14.4. The largest absolute Gasteiger partial charge is 0.466 e. The lowest BCUT2D eigenvalue weighted by molar-refractivity contribution is -0.144. The molecule has 1 saturated heterocycles. The molecule has 1 rings (SSSR count). The van der Waals surface area contributed by atoms with Crippen molar-refractivity contribution in [3.05, 3.63) is 23.1 Å². The number of carbonyl (C=O) groups is 2. The molecule has 1 aliphatic rings. The molecule has 1 aliphatic heterocycles. The highest BCUT2D eigenvalue weighted by molar-refractivity contribution is 7.87. The lowest BCUT2D eigenvalue weighted by Crippen LogP contribution is -2.45. The van der Waals surface area contributed by atoms with E-state index in [0.717, 1.165) is 4.31 Å². The van der Waals surface area contributed by atoms with Crippen LogP contribution in [0.4, 0.5) is 4.79 Å². The third-order valence-corrected chi connectivity index (χ3v) is 6.03. The van der Waals surface area contributed by atoms with E-state index in [1.54, 1.807) is 33.8 Å². The number of nitrogens with zero attached hydrogens (tertiary/aromatic N) is 4. The number of hydrogen-bond donors (Lipinski definition) is 2. The molecule has 2 N–H and O–H groups in total. The molecule has 1 amide bonds. The van der Waals surface area contributed by atoms with Gasteiger partial charge in [-0.05, 0) is 45.6 Å². The average molecular weight is 461 g/mol. The van der Waals surface area contributed by atoms with Crippen molar-refractivity contribution < 1.29 is 27.5 Å². The van der Waals surface area contributed by atoms with Gasteiger partial charge in [0.05, 0.1) is 18.6 Å². The molecule has 0 spiro atoms. The first-order valence-electron chi connectivity index (χ1n) is 9.93. The van der Waals surface area contributed by atoms with Crippen LogP contribution < -0.4 is 10.0 Å². The second-order valence-corrected chi connectivity index (χ2v) is 9.87. The van der Waals surface area contributed by atoms with Gasteiger partial charge in [0.25, 0.3) is 10.2 Å². The Morgan fingerprint density at radius 2 is 2.06 bits per heavy atom. The summed E-state index contributed by atoms with van der Waals surface area (Å²) < 4.78 is 39.1. The Hall–Kier alpha value is -2.34. The van der Waals surface area contributed by atoms with Crippen molar-refractivity contribution in [2.24, 2.45) is 11.0 Å². The Morgan fingerprint density at radius 1 is 1.39 bits per heavy atom. The Morgan fingerprint density at radius 3 is 2.61 bits per heavy atom. The predicted molar refractivity (Wildman–Crippen MR) is 114 cm³/mol. The van der Waals surface area contributed by atoms with Crippen LogP contribution in [0.3, 0.4) is 0 Å². The van der Waals surface area contributed by atoms with Crippen molar-refractivity contribution in [2.45, 2.75) is 51.7 Å². The molecule has 0 radical (unpaired) electrons. The van der Waals surface area contributed by atoms with Gasteiger partial charge in [0, 0.05) is 31.1 Å². The quantitative estimate of drug-likeness (QED) is 0.119. The van der Waals surface area contributed by atoms with Crippen LogP contribution in [0.15, 0.2) is 17.8 Å². The molecule has 0 aromatic heterocycles. The number of allylic oxidation sites excluding steroid dienone is 1. The fourth-order valence-electron chi connectivity index (χ4n) is 3.24. The van der Waals surface area contributed by atoms with Gasteiger partial charge in [0.2, 0.25) is 0 Å². The number of carbonyl (C=O) groups excluding carboxylic acids is 2. The van der Waals surface area contributed by atoms with Gasteiger partial charge in [-0.1, -0.05) is 11.2 Å². The second kappa shape index (κ2) is 11.3. The number of azide groups is 1. The van der Waals surface area contributed by atoms with Gasteiger partial charge in [-0.3, -0.25) is 4.79 Å². The second-order valence-electron chi connectivity index (χ2n) is 8.12. The Labute approximate surface area is 183 Å². The van der Waals surface area contributed by atoms with E-state index in [4.69, 9.17) is 15.0 Å². The molecule has 1 heterocycles. The summed E-state index contributed by atoms with van der Waals surface area (Å²) in [5.41, 5.74) is 7.12. The number of ether oxygens (including phenoxy) is 2. The third kappa shape index (κ3) is 8.37. The third-order valence-electron chi connectivity index (χ3n) is 4.50. The lowest BCUT2D eigenvalue weighted by atomic mass is 9.83. The van der Waals surface area contributed by atoms with Crippen LogP contribution >= 0.6 is 0 Å². The molecule has 1 fully saturated rings. The summed E-state index contributed by atoms with van der Waals surface area (Å²) in [6.45, 7) is 10.4. The summed E-state index contributed by atoms with van der Waals surface area (Å²) in [7, 11) is -3.96. The molecule has 0 unspecified atom stereocenters. The lowest BCUT2D eigenvalue weighted by Gasteiger charge is -2.28. The Kier molecular flexibility index (Phi) is 9.75. The molecule has 31 heavy (non-hydrogen) atoms. The summed E-state index contributed by atoms with van der Waals surface area (Å²) in [4.78, 5) is 26.6. The summed E-state index contributed by atoms with van der Waals surface area (Å²) in [6.07, 6.45) is 1.04. The van der Waals surface area contributed by atoms with Crippen LogP contribution in [-0.4, -0.2) is 68.7 Å². The highest BCUT2D eigenvalue weighted by Crippen LogP contribution is 2.38. The van der Waals surface area contributed by atoms with Crippen LogP contribution in [-0.2, 0) is 24.5 Å². The van der Waals surface area contributed by atoms with Crippen molar-refractivity contribution in [3.63, 3.8) is 0 Å². The minimum atomic E-state index is -3.96. The van der Waals surface area contributed by atoms with Crippen LogP contribution in [0, 0.1) is 5.92 Å². The average Bonchev–Trinajstić information content (AvgIpc) is 2.97. The normalized spacial score (nSPS) is 21.7. The molecule has 12 nitrogen and oxygen atoms in total. The van der Waals surface area contributed by atoms with E-state index in [2.05, 4.69) is 26.6 Å². The first kappa shape index (κ1) is 26.7. The van der Waals surface area contributed by atoms with Gasteiger partial charge < -0.3 is 14.8 Å². The standard InChI is InChI=1S/C18H32N6O6S/c1-6-8-14-12-24(13-18(14,22-23-19)11-15(25)29-7-2)31(27,28)21-10-9-20-16(26)30-17(3,4)5/h6,14,21H,1,7-13H2,2-5H3,(H,20,26)/t14-,18-/m0/s1. The maximum absolute atomic E-state index is 12.8. The minimum Gasteiger partial charge on any atom is -0.466 e. The topological polar surface area (TPSA) is 163 Å². The Bertz CT molecular complexity index is 805. The molecular formula is C18H32N6O6S. The van der Waals surface area contributed by atoms with Crippen molar-refractivity contribution in [2.75, 3.05) is 32.8 Å². The van der Waals surface area contributed by atoms with Crippen LogP contribution in [0.2, 0.25) is 0 Å². The van der Waals surface area contributed by atoms with E-state index in [1.165, 1.54) is 0 Å². The fraction of sp³-hybridized carbons (Fsp3) is 0.778. The molecule has 0 aliphatic carbocycles. The van der Waals surface area contributed by atoms with Crippen molar-refractivity contribution in [3.8, 4) is 0 Å². The number of hydrogen-bond acceptors (Lipinski definition) is 7. The molecule has 0 aromatic carbocycles. The van der Waals surface area contributed by atoms with Gasteiger partial charge in [0.1, 0.15) is 5.60 Å². The molecule has 13 heteroatoms. The highest BCUT2D eigenvalue weighted by atomic mass is 32.2. The molecule has 176 valence electrons. The summed E-state index contributed by atoms with van der Waals surface area (Å²) in [5.74, 6) is -1.01. The number of amides is 1. The molecule has 2 atom stereocenters. The van der Waals surface area contributed by atoms with E-state index in [-0.39, 0.29) is 39.2 Å². The maximum Gasteiger partial charge on any atom is 0.407 e. The van der Waals surface area contributed by atoms with E-state index >= 15 is 0 Å². The zero-order valence-electron chi connectivity index (χ0n) is 18.5. The van der Waals surface area contributed by atoms with Gasteiger partial charge in [-0.2, -0.15) is 12.7 Å². The zero-order chi connectivity index (χ0) is 23.7. The van der Waals surface area contributed by atoms with E-state index in [9.17, 15) is 18.0 Å². The number of nitrogens with one attached hydrogen (secondary N) is 2. The zero-order valence-corrected chi connectivity index (χ0v) is 19.3. The van der Waals surface area contributed by atoms with E-state index in [0.29, 0.717) is 6.42 Å². The van der Waals surface area contributed by atoms with Crippen molar-refractivity contribution in [1.82, 2.24) is 14.3 Å². The van der Waals surface area contributed by atoms with Gasteiger partial charge in [-0.15, -0.1) is 6.58 Å². The number of rotatable bonds is 11. The van der Waals surface area contributed by atoms with Gasteiger partial charge in [-0.25, -0.2) is 9.52 Å². The smallest absolute Gasteiger partial charge is 0.407 e. The summed E-state index contributed by atoms with van der Waals surface area (Å²) in [6, 6.07) is 0. The van der Waals surface area contributed by atoms with Crippen molar-refractivity contribution >= 4 is 22.3 Å². The minimum absolute atomic E-state index is 0.0163. The number of alkyl carbamates (subject to hydrolysis) is 1. The Balaban J connectivity index is 2.83. The molecular weight excluding hydrogens is 428 g/mol. The van der Waals surface area contributed by atoms with Gasteiger partial charge >= 0.3 is 12.1 Å². The van der Waals surface area contributed by atoms with Crippen LogP contribution in [0.1, 0.15) is 40.5 Å². The predicted octanol–water partition coefficient (Wildman–Crippen LogP) is 1.86. The SMILES string of the molecule is C=CC[C@H]1CN(S(=O)(=O)NCCNC(=O)OC(C)(C)C)C[C@]1(CC(=O)OCC)N=[N+]=[N-].